The van der Waals surface area contributed by atoms with Gasteiger partial charge in [0, 0.05) is 0 Å². The Balaban J connectivity index is 2.53. The van der Waals surface area contributed by atoms with Crippen molar-refractivity contribution in [2.75, 3.05) is 5.75 Å². The zero-order valence-electron chi connectivity index (χ0n) is 7.99. The Morgan fingerprint density at radius 2 is 2.31 bits per heavy atom. The first kappa shape index (κ1) is 10.5. The average molecular weight is 201 g/mol. The Hall–Kier alpha value is -0.550. The monoisotopic (exact) mass is 201 g/mol. The lowest BCUT2D eigenvalue weighted by Crippen LogP contribution is -2.08. The molecule has 0 fully saturated rings. The largest absolute Gasteiger partial charge is 0.338 e. The summed E-state index contributed by atoms with van der Waals surface area (Å²) in [7, 11) is 0. The molecule has 1 rings (SSSR count). The maximum absolute atomic E-state index is 5.73. The van der Waals surface area contributed by atoms with Gasteiger partial charge >= 0.3 is 0 Å². The number of thioether (sulfide) groups is 1. The van der Waals surface area contributed by atoms with E-state index in [0.29, 0.717) is 5.89 Å². The first-order chi connectivity index (χ1) is 6.27. The normalized spacial score (nSPS) is 13.2. The van der Waals surface area contributed by atoms with E-state index in [1.807, 2.05) is 6.92 Å². The molecule has 1 aromatic rings. The van der Waals surface area contributed by atoms with E-state index in [4.69, 9.17) is 10.3 Å². The van der Waals surface area contributed by atoms with Crippen LogP contribution in [0.4, 0.5) is 0 Å². The van der Waals surface area contributed by atoms with Gasteiger partial charge in [-0.05, 0) is 12.2 Å². The summed E-state index contributed by atoms with van der Waals surface area (Å²) in [6.45, 7) is 4.10. The fourth-order valence-electron chi connectivity index (χ4n) is 0.845. The topological polar surface area (TPSA) is 64.9 Å². The summed E-state index contributed by atoms with van der Waals surface area (Å²) < 4.78 is 5.01. The van der Waals surface area contributed by atoms with Gasteiger partial charge in [0.15, 0.2) is 5.82 Å². The van der Waals surface area contributed by atoms with Crippen molar-refractivity contribution in [1.29, 1.82) is 0 Å². The van der Waals surface area contributed by atoms with Gasteiger partial charge in [0.25, 0.3) is 0 Å². The van der Waals surface area contributed by atoms with Gasteiger partial charge in [0.05, 0.1) is 11.8 Å². The van der Waals surface area contributed by atoms with Crippen LogP contribution in [0.2, 0.25) is 0 Å². The molecule has 0 bridgehead atoms. The van der Waals surface area contributed by atoms with Crippen LogP contribution in [0.5, 0.6) is 0 Å². The highest BCUT2D eigenvalue weighted by molar-refractivity contribution is 7.98. The van der Waals surface area contributed by atoms with Gasteiger partial charge in [0.1, 0.15) is 0 Å². The van der Waals surface area contributed by atoms with Crippen molar-refractivity contribution < 1.29 is 4.52 Å². The number of rotatable bonds is 5. The lowest BCUT2D eigenvalue weighted by molar-refractivity contribution is 0.349. The van der Waals surface area contributed by atoms with Crippen molar-refractivity contribution in [3.05, 3.63) is 11.7 Å². The van der Waals surface area contributed by atoms with Crippen LogP contribution in [0, 0.1) is 0 Å². The first-order valence-corrected chi connectivity index (χ1v) is 5.59. The third kappa shape index (κ3) is 3.00. The van der Waals surface area contributed by atoms with Crippen molar-refractivity contribution in [2.24, 2.45) is 5.73 Å². The molecule has 13 heavy (non-hydrogen) atoms. The molecule has 0 saturated heterocycles. The molecule has 0 aliphatic rings. The Morgan fingerprint density at radius 3 is 2.92 bits per heavy atom. The van der Waals surface area contributed by atoms with E-state index in [9.17, 15) is 0 Å². The maximum atomic E-state index is 5.73. The van der Waals surface area contributed by atoms with Gasteiger partial charge in [-0.2, -0.15) is 16.7 Å². The van der Waals surface area contributed by atoms with Crippen LogP contribution in [-0.2, 0) is 5.75 Å². The predicted molar refractivity (Wildman–Crippen MR) is 53.4 cm³/mol. The maximum Gasteiger partial charge on any atom is 0.243 e. The van der Waals surface area contributed by atoms with E-state index in [1.165, 1.54) is 0 Å². The third-order valence-corrected chi connectivity index (χ3v) is 2.55. The van der Waals surface area contributed by atoms with E-state index in [1.54, 1.807) is 11.8 Å². The Morgan fingerprint density at radius 1 is 1.54 bits per heavy atom. The molecule has 0 unspecified atom stereocenters. The van der Waals surface area contributed by atoms with Gasteiger partial charge in [-0.3, -0.25) is 0 Å². The second-order valence-corrected chi connectivity index (χ2v) is 3.97. The molecule has 1 atom stereocenters. The summed E-state index contributed by atoms with van der Waals surface area (Å²) in [4.78, 5) is 4.19. The minimum Gasteiger partial charge on any atom is -0.338 e. The summed E-state index contributed by atoms with van der Waals surface area (Å²) in [6, 6.07) is -0.118. The second-order valence-electron chi connectivity index (χ2n) is 2.70. The van der Waals surface area contributed by atoms with Gasteiger partial charge in [-0.1, -0.05) is 19.0 Å². The molecular formula is C8H15N3OS. The summed E-state index contributed by atoms with van der Waals surface area (Å²) in [5.74, 6) is 3.15. The molecule has 1 heterocycles. The quantitative estimate of drug-likeness (QED) is 0.786. The highest BCUT2D eigenvalue weighted by atomic mass is 32.2. The summed E-state index contributed by atoms with van der Waals surface area (Å²) in [6.07, 6.45) is 0.822. The van der Waals surface area contributed by atoms with Crippen LogP contribution >= 0.6 is 11.8 Å². The van der Waals surface area contributed by atoms with Gasteiger partial charge in [0.2, 0.25) is 5.89 Å². The molecule has 0 aliphatic heterocycles. The summed E-state index contributed by atoms with van der Waals surface area (Å²) in [5.41, 5.74) is 5.73. The highest BCUT2D eigenvalue weighted by Crippen LogP contribution is 2.13. The van der Waals surface area contributed by atoms with Crippen LogP contribution in [0.25, 0.3) is 0 Å². The Labute approximate surface area is 82.3 Å². The average Bonchev–Trinajstić information content (AvgIpc) is 2.62. The van der Waals surface area contributed by atoms with Crippen LogP contribution in [0.1, 0.15) is 38.0 Å². The van der Waals surface area contributed by atoms with E-state index < -0.39 is 0 Å². The van der Waals surface area contributed by atoms with Gasteiger partial charge in [-0.15, -0.1) is 0 Å². The smallest absolute Gasteiger partial charge is 0.243 e. The molecule has 1 aromatic heterocycles. The molecule has 5 heteroatoms. The molecule has 0 aromatic carbocycles. The molecule has 0 amide bonds. The standard InChI is InChI=1S/C8H15N3OS/c1-3-6(9)8-10-7(11-12-8)5-13-4-2/h6H,3-5,9H2,1-2H3/t6-/m0/s1. The van der Waals surface area contributed by atoms with E-state index in [2.05, 4.69) is 17.1 Å². The number of aromatic nitrogens is 2. The molecule has 0 saturated carbocycles. The summed E-state index contributed by atoms with van der Waals surface area (Å²) in [5, 5.41) is 3.84. The first-order valence-electron chi connectivity index (χ1n) is 4.43. The lowest BCUT2D eigenvalue weighted by atomic mass is 10.2. The lowest BCUT2D eigenvalue weighted by Gasteiger charge is -1.98. The molecule has 4 nitrogen and oxygen atoms in total. The van der Waals surface area contributed by atoms with E-state index in [0.717, 1.165) is 23.8 Å². The molecule has 0 aliphatic carbocycles. The van der Waals surface area contributed by atoms with Crippen molar-refractivity contribution in [1.82, 2.24) is 10.1 Å². The number of hydrogen-bond acceptors (Lipinski definition) is 5. The molecule has 0 spiro atoms. The molecular weight excluding hydrogens is 186 g/mol. The Kier molecular flexibility index (Phi) is 4.24. The van der Waals surface area contributed by atoms with Gasteiger partial charge in [-0.25, -0.2) is 0 Å². The fourth-order valence-corrected chi connectivity index (χ4v) is 1.35. The van der Waals surface area contributed by atoms with E-state index in [-0.39, 0.29) is 6.04 Å². The van der Waals surface area contributed by atoms with Crippen molar-refractivity contribution in [3.63, 3.8) is 0 Å². The van der Waals surface area contributed by atoms with Gasteiger partial charge < -0.3 is 10.3 Å². The SMILES string of the molecule is CCSCc1noc([C@@H](N)CC)n1. The zero-order valence-corrected chi connectivity index (χ0v) is 8.80. The second kappa shape index (κ2) is 5.24. The fraction of sp³-hybridized carbons (Fsp3) is 0.750. The zero-order chi connectivity index (χ0) is 9.68. The number of nitrogens with zero attached hydrogens (tertiary/aromatic N) is 2. The summed E-state index contributed by atoms with van der Waals surface area (Å²) >= 11 is 1.77. The van der Waals surface area contributed by atoms with Crippen LogP contribution in [-0.4, -0.2) is 15.9 Å². The third-order valence-electron chi connectivity index (χ3n) is 1.68. The minimum absolute atomic E-state index is 0.118. The number of hydrogen-bond donors (Lipinski definition) is 1. The van der Waals surface area contributed by atoms with Crippen molar-refractivity contribution in [2.45, 2.75) is 32.1 Å². The van der Waals surface area contributed by atoms with Crippen molar-refractivity contribution >= 4 is 11.8 Å². The predicted octanol–water partition coefficient (Wildman–Crippen LogP) is 1.73. The molecule has 0 radical (unpaired) electrons. The van der Waals surface area contributed by atoms with Crippen molar-refractivity contribution in [3.8, 4) is 0 Å². The molecule has 2 N–H and O–H groups in total. The van der Waals surface area contributed by atoms with Crippen LogP contribution in [0.3, 0.4) is 0 Å². The number of nitrogens with two attached hydrogens (primary N) is 1. The van der Waals surface area contributed by atoms with E-state index >= 15 is 0 Å². The highest BCUT2D eigenvalue weighted by Gasteiger charge is 2.11. The molecule has 74 valence electrons. The minimum atomic E-state index is -0.118. The Bertz CT molecular complexity index is 251. The van der Waals surface area contributed by atoms with Crippen LogP contribution in [0.15, 0.2) is 4.52 Å². The van der Waals surface area contributed by atoms with Crippen LogP contribution < -0.4 is 5.73 Å².